The molecule has 2 aromatic rings. The van der Waals surface area contributed by atoms with E-state index in [0.29, 0.717) is 11.7 Å². The van der Waals surface area contributed by atoms with Gasteiger partial charge in [-0.05, 0) is 29.8 Å². The Balaban J connectivity index is 1.66. The molecule has 104 valence electrons. The second-order valence-electron chi connectivity index (χ2n) is 4.79. The number of anilines is 1. The number of hydrogen-bond acceptors (Lipinski definition) is 3. The third kappa shape index (κ3) is 2.45. The molecular weight excluding hydrogens is 267 g/mol. The number of alkyl halides is 3. The average molecular weight is 279 g/mol. The molecule has 3 heterocycles. The number of halogens is 3. The van der Waals surface area contributed by atoms with E-state index in [-0.39, 0.29) is 0 Å². The topological polar surface area (TPSA) is 29.0 Å². The first-order chi connectivity index (χ1) is 9.54. The van der Waals surface area contributed by atoms with Crippen molar-refractivity contribution in [2.24, 2.45) is 0 Å². The summed E-state index contributed by atoms with van der Waals surface area (Å²) in [6, 6.07) is 6.41. The SMILES string of the molecule is FC(F)(F)c1ccc(N2CC(c3ccncc3)C2)nc1. The predicted octanol–water partition coefficient (Wildman–Crippen LogP) is 3.10. The molecular formula is C14H12F3N3. The highest BCUT2D eigenvalue weighted by Crippen LogP contribution is 2.32. The zero-order valence-electron chi connectivity index (χ0n) is 10.5. The molecule has 0 amide bonds. The van der Waals surface area contributed by atoms with Crippen LogP contribution >= 0.6 is 0 Å². The molecule has 20 heavy (non-hydrogen) atoms. The van der Waals surface area contributed by atoms with E-state index >= 15 is 0 Å². The number of pyridine rings is 2. The molecule has 3 rings (SSSR count). The molecule has 0 N–H and O–H groups in total. The van der Waals surface area contributed by atoms with E-state index in [4.69, 9.17) is 0 Å². The maximum absolute atomic E-state index is 12.4. The fourth-order valence-electron chi connectivity index (χ4n) is 2.25. The minimum atomic E-state index is -4.33. The Morgan fingerprint density at radius 1 is 1.05 bits per heavy atom. The lowest BCUT2D eigenvalue weighted by atomic mass is 9.92. The third-order valence-electron chi connectivity index (χ3n) is 3.46. The largest absolute Gasteiger partial charge is 0.417 e. The summed E-state index contributed by atoms with van der Waals surface area (Å²) in [4.78, 5) is 9.82. The van der Waals surface area contributed by atoms with E-state index < -0.39 is 11.7 Å². The van der Waals surface area contributed by atoms with Crippen molar-refractivity contribution in [1.82, 2.24) is 9.97 Å². The molecule has 0 radical (unpaired) electrons. The number of rotatable bonds is 2. The molecule has 1 fully saturated rings. The van der Waals surface area contributed by atoms with E-state index in [0.717, 1.165) is 25.4 Å². The van der Waals surface area contributed by atoms with Gasteiger partial charge in [0.1, 0.15) is 5.82 Å². The van der Waals surface area contributed by atoms with Crippen LogP contribution in [0.2, 0.25) is 0 Å². The first-order valence-electron chi connectivity index (χ1n) is 6.22. The fourth-order valence-corrected chi connectivity index (χ4v) is 2.25. The Morgan fingerprint density at radius 2 is 1.75 bits per heavy atom. The minimum absolute atomic E-state index is 0.391. The summed E-state index contributed by atoms with van der Waals surface area (Å²) >= 11 is 0. The van der Waals surface area contributed by atoms with Gasteiger partial charge in [0, 0.05) is 37.6 Å². The summed E-state index contributed by atoms with van der Waals surface area (Å²) in [7, 11) is 0. The van der Waals surface area contributed by atoms with Crippen LogP contribution in [0.3, 0.4) is 0 Å². The Hall–Kier alpha value is -2.11. The molecule has 2 aromatic heterocycles. The van der Waals surface area contributed by atoms with Crippen molar-refractivity contribution in [3.63, 3.8) is 0 Å². The van der Waals surface area contributed by atoms with Gasteiger partial charge in [-0.3, -0.25) is 4.98 Å². The van der Waals surface area contributed by atoms with Crippen LogP contribution in [-0.4, -0.2) is 23.1 Å². The fraction of sp³-hybridized carbons (Fsp3) is 0.286. The highest BCUT2D eigenvalue weighted by molar-refractivity contribution is 5.45. The van der Waals surface area contributed by atoms with Crippen LogP contribution in [0.1, 0.15) is 17.0 Å². The first-order valence-corrected chi connectivity index (χ1v) is 6.22. The van der Waals surface area contributed by atoms with Gasteiger partial charge in [0.15, 0.2) is 0 Å². The maximum atomic E-state index is 12.4. The van der Waals surface area contributed by atoms with Crippen molar-refractivity contribution in [2.45, 2.75) is 12.1 Å². The van der Waals surface area contributed by atoms with Gasteiger partial charge in [-0.1, -0.05) is 0 Å². The molecule has 0 aromatic carbocycles. The van der Waals surface area contributed by atoms with Gasteiger partial charge in [0.25, 0.3) is 0 Å². The molecule has 1 aliphatic rings. The zero-order chi connectivity index (χ0) is 14.2. The summed E-state index contributed by atoms with van der Waals surface area (Å²) in [5, 5.41) is 0. The monoisotopic (exact) mass is 279 g/mol. The lowest BCUT2D eigenvalue weighted by molar-refractivity contribution is -0.137. The second kappa shape index (κ2) is 4.77. The van der Waals surface area contributed by atoms with Crippen LogP contribution in [0.5, 0.6) is 0 Å². The van der Waals surface area contributed by atoms with Crippen molar-refractivity contribution >= 4 is 5.82 Å². The lowest BCUT2D eigenvalue weighted by Gasteiger charge is -2.40. The van der Waals surface area contributed by atoms with Crippen molar-refractivity contribution in [2.75, 3.05) is 18.0 Å². The summed E-state index contributed by atoms with van der Waals surface area (Å²) < 4.78 is 37.3. The predicted molar refractivity (Wildman–Crippen MR) is 68.4 cm³/mol. The van der Waals surface area contributed by atoms with Crippen LogP contribution in [0, 0.1) is 0 Å². The molecule has 3 nitrogen and oxygen atoms in total. The van der Waals surface area contributed by atoms with Gasteiger partial charge in [0.05, 0.1) is 5.56 Å². The molecule has 1 aliphatic heterocycles. The van der Waals surface area contributed by atoms with Crippen LogP contribution in [0.4, 0.5) is 19.0 Å². The van der Waals surface area contributed by atoms with Gasteiger partial charge in [-0.2, -0.15) is 13.2 Å². The van der Waals surface area contributed by atoms with Gasteiger partial charge < -0.3 is 4.90 Å². The number of aromatic nitrogens is 2. The molecule has 0 unspecified atom stereocenters. The highest BCUT2D eigenvalue weighted by atomic mass is 19.4. The quantitative estimate of drug-likeness (QED) is 0.846. The molecule has 6 heteroatoms. The lowest BCUT2D eigenvalue weighted by Crippen LogP contribution is -2.45. The molecule has 0 spiro atoms. The molecule has 0 atom stereocenters. The normalized spacial score (nSPS) is 16.1. The Bertz CT molecular complexity index is 575. The molecule has 1 saturated heterocycles. The summed E-state index contributed by atoms with van der Waals surface area (Å²) in [6.07, 6.45) is 0.0396. The van der Waals surface area contributed by atoms with Crippen molar-refractivity contribution < 1.29 is 13.2 Å². The summed E-state index contributed by atoms with van der Waals surface area (Å²) in [5.74, 6) is 0.977. The smallest absolute Gasteiger partial charge is 0.355 e. The number of hydrogen-bond donors (Lipinski definition) is 0. The average Bonchev–Trinajstić information content (AvgIpc) is 2.38. The van der Waals surface area contributed by atoms with Crippen LogP contribution in [0.15, 0.2) is 42.9 Å². The van der Waals surface area contributed by atoms with E-state index in [1.165, 1.54) is 11.6 Å². The second-order valence-corrected chi connectivity index (χ2v) is 4.79. The molecule has 0 bridgehead atoms. The summed E-state index contributed by atoms with van der Waals surface area (Å²) in [5.41, 5.74) is 0.482. The van der Waals surface area contributed by atoms with Crippen LogP contribution in [-0.2, 0) is 6.18 Å². The third-order valence-corrected chi connectivity index (χ3v) is 3.46. The van der Waals surface area contributed by atoms with Gasteiger partial charge >= 0.3 is 6.18 Å². The van der Waals surface area contributed by atoms with Gasteiger partial charge in [-0.25, -0.2) is 4.98 Å². The van der Waals surface area contributed by atoms with Crippen molar-refractivity contribution in [1.29, 1.82) is 0 Å². The Labute approximate surface area is 114 Å². The number of nitrogens with zero attached hydrogens (tertiary/aromatic N) is 3. The van der Waals surface area contributed by atoms with Crippen LogP contribution in [0.25, 0.3) is 0 Å². The molecule has 0 saturated carbocycles. The van der Waals surface area contributed by atoms with E-state index in [1.807, 2.05) is 17.0 Å². The van der Waals surface area contributed by atoms with E-state index in [9.17, 15) is 13.2 Å². The summed E-state index contributed by atoms with van der Waals surface area (Å²) in [6.45, 7) is 1.53. The molecule has 0 aliphatic carbocycles. The van der Waals surface area contributed by atoms with Crippen molar-refractivity contribution in [3.8, 4) is 0 Å². The van der Waals surface area contributed by atoms with Crippen LogP contribution < -0.4 is 4.90 Å². The highest BCUT2D eigenvalue weighted by Gasteiger charge is 2.32. The minimum Gasteiger partial charge on any atom is -0.355 e. The van der Waals surface area contributed by atoms with Crippen molar-refractivity contribution in [3.05, 3.63) is 54.0 Å². The standard InChI is InChI=1S/C14H12F3N3/c15-14(16,17)12-1-2-13(19-7-12)20-8-11(9-20)10-3-5-18-6-4-10/h1-7,11H,8-9H2. The van der Waals surface area contributed by atoms with E-state index in [2.05, 4.69) is 9.97 Å². The maximum Gasteiger partial charge on any atom is 0.417 e. The first kappa shape index (κ1) is 12.9. The van der Waals surface area contributed by atoms with Gasteiger partial charge in [0.2, 0.25) is 0 Å². The van der Waals surface area contributed by atoms with E-state index in [1.54, 1.807) is 12.4 Å². The Kier molecular flexibility index (Phi) is 3.08. The Morgan fingerprint density at radius 3 is 2.30 bits per heavy atom. The zero-order valence-corrected chi connectivity index (χ0v) is 10.5. The van der Waals surface area contributed by atoms with Gasteiger partial charge in [-0.15, -0.1) is 0 Å².